The highest BCUT2D eigenvalue weighted by Gasteiger charge is 2.34. The van der Waals surface area contributed by atoms with Crippen molar-refractivity contribution < 1.29 is 9.90 Å². The third-order valence-electron chi connectivity index (χ3n) is 6.30. The van der Waals surface area contributed by atoms with Crippen LogP contribution in [0.4, 0.5) is 0 Å². The van der Waals surface area contributed by atoms with Gasteiger partial charge >= 0.3 is 5.97 Å². The fourth-order valence-corrected chi connectivity index (χ4v) is 4.68. The largest absolute Gasteiger partial charge is 0.481 e. The molecule has 0 amide bonds. The van der Waals surface area contributed by atoms with Crippen molar-refractivity contribution in [2.24, 2.45) is 5.92 Å². The lowest BCUT2D eigenvalue weighted by molar-refractivity contribution is -0.137. The van der Waals surface area contributed by atoms with E-state index in [0.29, 0.717) is 18.4 Å². The molecule has 2 fully saturated rings. The van der Waals surface area contributed by atoms with Crippen LogP contribution in [0, 0.1) is 5.92 Å². The summed E-state index contributed by atoms with van der Waals surface area (Å²) < 4.78 is 0. The van der Waals surface area contributed by atoms with Gasteiger partial charge < -0.3 is 14.9 Å². The molecule has 0 aromatic heterocycles. The van der Waals surface area contributed by atoms with E-state index < -0.39 is 5.97 Å². The van der Waals surface area contributed by atoms with Gasteiger partial charge in [0.05, 0.1) is 0 Å². The molecule has 27 heavy (non-hydrogen) atoms. The van der Waals surface area contributed by atoms with Crippen molar-refractivity contribution in [3.8, 4) is 0 Å². The van der Waals surface area contributed by atoms with Crippen LogP contribution in [-0.2, 0) is 11.2 Å². The molecule has 1 N–H and O–H groups in total. The molecule has 0 unspecified atom stereocenters. The Bertz CT molecular complexity index is 572. The van der Waals surface area contributed by atoms with Gasteiger partial charge in [-0.25, -0.2) is 0 Å². The van der Waals surface area contributed by atoms with Crippen molar-refractivity contribution >= 4 is 5.97 Å². The molecule has 2 saturated heterocycles. The van der Waals surface area contributed by atoms with E-state index in [1.807, 2.05) is 0 Å². The second-order valence-electron chi connectivity index (χ2n) is 8.28. The molecule has 2 atom stereocenters. The van der Waals surface area contributed by atoms with Gasteiger partial charge in [0.15, 0.2) is 0 Å². The summed E-state index contributed by atoms with van der Waals surface area (Å²) in [5.74, 6) is -0.177. The molecular formula is C22H35N3O2. The van der Waals surface area contributed by atoms with E-state index in [1.165, 1.54) is 18.4 Å². The summed E-state index contributed by atoms with van der Waals surface area (Å²) in [4.78, 5) is 18.7. The average molecular weight is 374 g/mol. The van der Waals surface area contributed by atoms with E-state index in [4.69, 9.17) is 0 Å². The minimum atomic E-state index is -0.659. The molecule has 1 aromatic rings. The quantitative estimate of drug-likeness (QED) is 0.758. The molecule has 5 nitrogen and oxygen atoms in total. The molecule has 0 saturated carbocycles. The van der Waals surface area contributed by atoms with Gasteiger partial charge in [0.25, 0.3) is 0 Å². The molecule has 3 rings (SSSR count). The molecule has 5 heteroatoms. The number of hydrogen-bond donors (Lipinski definition) is 1. The number of piperidine rings is 1. The fourth-order valence-electron chi connectivity index (χ4n) is 4.68. The Morgan fingerprint density at radius 3 is 2.56 bits per heavy atom. The predicted molar refractivity (Wildman–Crippen MR) is 109 cm³/mol. The highest BCUT2D eigenvalue weighted by molar-refractivity contribution is 5.66. The van der Waals surface area contributed by atoms with Crippen molar-refractivity contribution in [1.29, 1.82) is 0 Å². The van der Waals surface area contributed by atoms with Crippen LogP contribution in [0.2, 0.25) is 0 Å². The third-order valence-corrected chi connectivity index (χ3v) is 6.30. The summed E-state index contributed by atoms with van der Waals surface area (Å²) in [7, 11) is 2.19. The molecule has 1 aromatic carbocycles. The SMILES string of the molecule is CN1CCN([C@H]2CCN(CCCc3ccccc3)C[C@H]2CCC(=O)O)CC1. The molecule has 2 aliphatic heterocycles. The topological polar surface area (TPSA) is 47.0 Å². The van der Waals surface area contributed by atoms with Crippen molar-refractivity contribution in [3.63, 3.8) is 0 Å². The van der Waals surface area contributed by atoms with Crippen LogP contribution in [-0.4, -0.2) is 84.7 Å². The highest BCUT2D eigenvalue weighted by Crippen LogP contribution is 2.27. The molecular weight excluding hydrogens is 338 g/mol. The lowest BCUT2D eigenvalue weighted by Crippen LogP contribution is -2.56. The number of carboxylic acid groups (broad SMARTS) is 1. The number of hydrogen-bond acceptors (Lipinski definition) is 4. The van der Waals surface area contributed by atoms with E-state index in [9.17, 15) is 9.90 Å². The van der Waals surface area contributed by atoms with Crippen LogP contribution in [0.5, 0.6) is 0 Å². The molecule has 2 aliphatic rings. The predicted octanol–water partition coefficient (Wildman–Crippen LogP) is 2.42. The van der Waals surface area contributed by atoms with Crippen LogP contribution < -0.4 is 0 Å². The van der Waals surface area contributed by atoms with E-state index in [0.717, 1.165) is 58.7 Å². The normalized spacial score (nSPS) is 25.5. The van der Waals surface area contributed by atoms with E-state index in [2.05, 4.69) is 52.1 Å². The first-order valence-corrected chi connectivity index (χ1v) is 10.5. The van der Waals surface area contributed by atoms with Gasteiger partial charge in [-0.2, -0.15) is 0 Å². The Balaban J connectivity index is 1.51. The number of likely N-dealkylation sites (N-methyl/N-ethyl adjacent to an activating group) is 1. The molecule has 0 radical (unpaired) electrons. The van der Waals surface area contributed by atoms with Crippen molar-refractivity contribution in [2.75, 3.05) is 52.9 Å². The molecule has 0 spiro atoms. The Morgan fingerprint density at radius 2 is 1.85 bits per heavy atom. The second-order valence-corrected chi connectivity index (χ2v) is 8.28. The highest BCUT2D eigenvalue weighted by atomic mass is 16.4. The zero-order valence-electron chi connectivity index (χ0n) is 16.7. The molecule has 2 heterocycles. The number of aliphatic carboxylic acids is 1. The maximum Gasteiger partial charge on any atom is 0.303 e. The Hall–Kier alpha value is -1.43. The number of rotatable bonds is 8. The van der Waals surface area contributed by atoms with E-state index in [-0.39, 0.29) is 0 Å². The smallest absolute Gasteiger partial charge is 0.303 e. The monoisotopic (exact) mass is 373 g/mol. The standard InChI is InChI=1S/C22H35N3O2/c1-23-14-16-25(17-15-23)21-11-13-24(18-20(21)9-10-22(26)27)12-5-8-19-6-3-2-4-7-19/h2-4,6-7,20-21H,5,8-18H2,1H3,(H,26,27)/t20-,21+/m1/s1. The van der Waals surface area contributed by atoms with Gasteiger partial charge in [0.2, 0.25) is 0 Å². The lowest BCUT2D eigenvalue weighted by atomic mass is 9.86. The Kier molecular flexibility index (Phi) is 7.68. The van der Waals surface area contributed by atoms with Crippen LogP contribution in [0.25, 0.3) is 0 Å². The van der Waals surface area contributed by atoms with Crippen LogP contribution in [0.1, 0.15) is 31.2 Å². The third kappa shape index (κ3) is 6.30. The lowest BCUT2D eigenvalue weighted by Gasteiger charge is -2.46. The average Bonchev–Trinajstić information content (AvgIpc) is 2.68. The summed E-state index contributed by atoms with van der Waals surface area (Å²) in [6.07, 6.45) is 4.58. The van der Waals surface area contributed by atoms with E-state index in [1.54, 1.807) is 0 Å². The van der Waals surface area contributed by atoms with Gasteiger partial charge in [-0.3, -0.25) is 9.69 Å². The zero-order valence-corrected chi connectivity index (χ0v) is 16.7. The van der Waals surface area contributed by atoms with Crippen molar-refractivity contribution in [1.82, 2.24) is 14.7 Å². The summed E-state index contributed by atoms with van der Waals surface area (Å²) in [6.45, 7) is 7.83. The summed E-state index contributed by atoms with van der Waals surface area (Å²) in [6, 6.07) is 11.3. The summed E-state index contributed by atoms with van der Waals surface area (Å²) in [5, 5.41) is 9.17. The number of piperazine rings is 1. The molecule has 0 aliphatic carbocycles. The first-order valence-electron chi connectivity index (χ1n) is 10.5. The van der Waals surface area contributed by atoms with Gasteiger partial charge in [-0.15, -0.1) is 0 Å². The van der Waals surface area contributed by atoms with Crippen molar-refractivity contribution in [2.45, 2.75) is 38.1 Å². The summed E-state index contributed by atoms with van der Waals surface area (Å²) in [5.41, 5.74) is 1.41. The van der Waals surface area contributed by atoms with Crippen LogP contribution in [0.3, 0.4) is 0 Å². The summed E-state index contributed by atoms with van der Waals surface area (Å²) >= 11 is 0. The first kappa shape index (κ1) is 20.3. The van der Waals surface area contributed by atoms with E-state index >= 15 is 0 Å². The number of nitrogens with zero attached hydrogens (tertiary/aromatic N) is 3. The maximum absolute atomic E-state index is 11.1. The minimum Gasteiger partial charge on any atom is -0.481 e. The number of likely N-dealkylation sites (tertiary alicyclic amines) is 1. The first-order chi connectivity index (χ1) is 13.1. The van der Waals surface area contributed by atoms with Gasteiger partial charge in [-0.1, -0.05) is 30.3 Å². The fraction of sp³-hybridized carbons (Fsp3) is 0.682. The number of benzene rings is 1. The minimum absolute atomic E-state index is 0.298. The maximum atomic E-state index is 11.1. The van der Waals surface area contributed by atoms with Crippen molar-refractivity contribution in [3.05, 3.63) is 35.9 Å². The Labute approximate surface area is 163 Å². The second kappa shape index (κ2) is 10.2. The van der Waals surface area contributed by atoms with Crippen LogP contribution in [0.15, 0.2) is 30.3 Å². The zero-order chi connectivity index (χ0) is 19.1. The molecule has 0 bridgehead atoms. The number of carbonyl (C=O) groups is 1. The van der Waals surface area contributed by atoms with Gasteiger partial charge in [0, 0.05) is 45.2 Å². The molecule has 150 valence electrons. The van der Waals surface area contributed by atoms with Gasteiger partial charge in [0.1, 0.15) is 0 Å². The number of aryl methyl sites for hydroxylation is 1. The Morgan fingerprint density at radius 1 is 1.11 bits per heavy atom. The number of carboxylic acids is 1. The van der Waals surface area contributed by atoms with Crippen LogP contribution >= 0.6 is 0 Å². The van der Waals surface area contributed by atoms with Gasteiger partial charge in [-0.05, 0) is 57.3 Å².